The molecular formula is C13H18O. The van der Waals surface area contributed by atoms with E-state index in [1.54, 1.807) is 0 Å². The lowest BCUT2D eigenvalue weighted by atomic mass is 9.83. The van der Waals surface area contributed by atoms with Crippen LogP contribution < -0.4 is 0 Å². The normalized spacial score (nSPS) is 13.7. The Morgan fingerprint density at radius 2 is 1.71 bits per heavy atom. The first-order valence-corrected chi connectivity index (χ1v) is 4.85. The molecule has 1 rings (SSSR count). The van der Waals surface area contributed by atoms with Crippen LogP contribution >= 0.6 is 0 Å². The van der Waals surface area contributed by atoms with E-state index in [1.807, 2.05) is 51.1 Å². The molecule has 0 spiro atoms. The van der Waals surface area contributed by atoms with Crippen LogP contribution in [0.4, 0.5) is 0 Å². The molecule has 14 heavy (non-hydrogen) atoms. The highest BCUT2D eigenvalue weighted by molar-refractivity contribution is 5.67. The molecule has 0 saturated heterocycles. The van der Waals surface area contributed by atoms with Gasteiger partial charge >= 0.3 is 0 Å². The van der Waals surface area contributed by atoms with Crippen LogP contribution in [0.5, 0.6) is 0 Å². The van der Waals surface area contributed by atoms with Gasteiger partial charge < -0.3 is 5.11 Å². The maximum Gasteiger partial charge on any atom is 0.0838 e. The van der Waals surface area contributed by atoms with Crippen molar-refractivity contribution in [3.8, 4) is 0 Å². The minimum Gasteiger partial charge on any atom is -0.388 e. The van der Waals surface area contributed by atoms with Crippen molar-refractivity contribution in [3.05, 3.63) is 42.5 Å². The molecule has 0 aliphatic heterocycles. The average molecular weight is 190 g/mol. The van der Waals surface area contributed by atoms with Gasteiger partial charge in [0, 0.05) is 0 Å². The summed E-state index contributed by atoms with van der Waals surface area (Å²) in [5, 5.41) is 10.0. The summed E-state index contributed by atoms with van der Waals surface area (Å²) < 4.78 is 0. The molecule has 1 heteroatoms. The van der Waals surface area contributed by atoms with Crippen LogP contribution in [-0.4, -0.2) is 11.2 Å². The quantitative estimate of drug-likeness (QED) is 0.759. The lowest BCUT2D eigenvalue weighted by Gasteiger charge is -2.27. The van der Waals surface area contributed by atoms with Crippen molar-refractivity contribution in [1.82, 2.24) is 0 Å². The molecule has 0 radical (unpaired) electrons. The molecule has 0 bridgehead atoms. The largest absolute Gasteiger partial charge is 0.388 e. The van der Waals surface area contributed by atoms with Gasteiger partial charge in [0.1, 0.15) is 0 Å². The number of hydrogen-bond donors (Lipinski definition) is 1. The standard InChI is InChI=1S/C13H18O/c1-10(12(14)13(2,3)4)11-8-6-5-7-9-11/h5-9,12,14H,1H2,2-4H3. The third kappa shape index (κ3) is 2.46. The highest BCUT2D eigenvalue weighted by atomic mass is 16.3. The third-order valence-corrected chi connectivity index (χ3v) is 2.29. The van der Waals surface area contributed by atoms with Crippen LogP contribution in [-0.2, 0) is 0 Å². The zero-order chi connectivity index (χ0) is 10.8. The zero-order valence-electron chi connectivity index (χ0n) is 9.12. The van der Waals surface area contributed by atoms with Crippen LogP contribution in [0.25, 0.3) is 5.57 Å². The van der Waals surface area contributed by atoms with E-state index < -0.39 is 6.10 Å². The van der Waals surface area contributed by atoms with Crippen molar-refractivity contribution in [2.45, 2.75) is 26.9 Å². The van der Waals surface area contributed by atoms with E-state index >= 15 is 0 Å². The van der Waals surface area contributed by atoms with Gasteiger partial charge in [-0.1, -0.05) is 57.7 Å². The molecule has 0 aliphatic carbocycles. The van der Waals surface area contributed by atoms with E-state index in [4.69, 9.17) is 0 Å². The van der Waals surface area contributed by atoms with E-state index in [9.17, 15) is 5.11 Å². The van der Waals surface area contributed by atoms with Gasteiger partial charge in [-0.25, -0.2) is 0 Å². The van der Waals surface area contributed by atoms with E-state index in [-0.39, 0.29) is 5.41 Å². The summed E-state index contributed by atoms with van der Waals surface area (Å²) in [6.45, 7) is 9.96. The van der Waals surface area contributed by atoms with E-state index in [1.165, 1.54) is 0 Å². The minimum atomic E-state index is -0.495. The number of aliphatic hydroxyl groups excluding tert-OH is 1. The SMILES string of the molecule is C=C(c1ccccc1)C(O)C(C)(C)C. The summed E-state index contributed by atoms with van der Waals surface area (Å²) in [6.07, 6.45) is -0.495. The van der Waals surface area contributed by atoms with E-state index in [2.05, 4.69) is 6.58 Å². The maximum absolute atomic E-state index is 10.0. The topological polar surface area (TPSA) is 20.2 Å². The Morgan fingerprint density at radius 3 is 2.14 bits per heavy atom. The Kier molecular flexibility index (Phi) is 3.12. The number of benzene rings is 1. The Balaban J connectivity index is 2.87. The molecule has 76 valence electrons. The van der Waals surface area contributed by atoms with Crippen LogP contribution in [0, 0.1) is 5.41 Å². The molecule has 1 aromatic carbocycles. The number of rotatable bonds is 2. The van der Waals surface area contributed by atoms with Gasteiger partial charge in [-0.3, -0.25) is 0 Å². The fraction of sp³-hybridized carbons (Fsp3) is 0.385. The first-order valence-electron chi connectivity index (χ1n) is 4.85. The van der Waals surface area contributed by atoms with Crippen molar-refractivity contribution < 1.29 is 5.11 Å². The average Bonchev–Trinajstić information content (AvgIpc) is 2.15. The van der Waals surface area contributed by atoms with Crippen molar-refractivity contribution in [3.63, 3.8) is 0 Å². The molecule has 0 heterocycles. The highest BCUT2D eigenvalue weighted by Gasteiger charge is 2.25. The van der Waals surface area contributed by atoms with Crippen LogP contribution in [0.3, 0.4) is 0 Å². The Labute approximate surface area is 86.1 Å². The zero-order valence-corrected chi connectivity index (χ0v) is 9.12. The monoisotopic (exact) mass is 190 g/mol. The molecule has 0 saturated carbocycles. The number of hydrogen-bond acceptors (Lipinski definition) is 1. The molecule has 0 amide bonds. The van der Waals surface area contributed by atoms with Crippen molar-refractivity contribution in [2.75, 3.05) is 0 Å². The fourth-order valence-electron chi connectivity index (χ4n) is 1.33. The predicted octanol–water partition coefficient (Wildman–Crippen LogP) is 3.11. The lowest BCUT2D eigenvalue weighted by Crippen LogP contribution is -2.26. The third-order valence-electron chi connectivity index (χ3n) is 2.29. The smallest absolute Gasteiger partial charge is 0.0838 e. The molecule has 1 unspecified atom stereocenters. The first-order chi connectivity index (χ1) is 6.43. The molecular weight excluding hydrogens is 172 g/mol. The summed E-state index contributed by atoms with van der Waals surface area (Å²) in [7, 11) is 0. The van der Waals surface area contributed by atoms with Crippen molar-refractivity contribution in [2.24, 2.45) is 5.41 Å². The Hall–Kier alpha value is -1.08. The van der Waals surface area contributed by atoms with Crippen LogP contribution in [0.2, 0.25) is 0 Å². The predicted molar refractivity (Wildman–Crippen MR) is 60.9 cm³/mol. The summed E-state index contributed by atoms with van der Waals surface area (Å²) in [5.74, 6) is 0. The molecule has 1 aromatic rings. The van der Waals surface area contributed by atoms with Crippen molar-refractivity contribution in [1.29, 1.82) is 0 Å². The van der Waals surface area contributed by atoms with Crippen molar-refractivity contribution >= 4 is 5.57 Å². The Bertz CT molecular complexity index is 306. The van der Waals surface area contributed by atoms with Gasteiger partial charge in [0.2, 0.25) is 0 Å². The summed E-state index contributed by atoms with van der Waals surface area (Å²) in [4.78, 5) is 0. The summed E-state index contributed by atoms with van der Waals surface area (Å²) in [5.41, 5.74) is 1.64. The maximum atomic E-state index is 10.0. The molecule has 0 aliphatic rings. The van der Waals surface area contributed by atoms with E-state index in [0.717, 1.165) is 11.1 Å². The van der Waals surface area contributed by atoms with Gasteiger partial charge in [-0.2, -0.15) is 0 Å². The first kappa shape index (κ1) is 11.0. The van der Waals surface area contributed by atoms with Crippen LogP contribution in [0.1, 0.15) is 26.3 Å². The number of aliphatic hydroxyl groups is 1. The summed E-state index contributed by atoms with van der Waals surface area (Å²) in [6, 6.07) is 9.81. The second-order valence-electron chi connectivity index (χ2n) is 4.66. The molecule has 0 fully saturated rings. The summed E-state index contributed by atoms with van der Waals surface area (Å²) >= 11 is 0. The fourth-order valence-corrected chi connectivity index (χ4v) is 1.33. The van der Waals surface area contributed by atoms with Crippen LogP contribution in [0.15, 0.2) is 36.9 Å². The van der Waals surface area contributed by atoms with Gasteiger partial charge in [-0.05, 0) is 16.6 Å². The lowest BCUT2D eigenvalue weighted by molar-refractivity contribution is 0.114. The second kappa shape index (κ2) is 3.97. The molecule has 1 N–H and O–H groups in total. The second-order valence-corrected chi connectivity index (χ2v) is 4.66. The van der Waals surface area contributed by atoms with E-state index in [0.29, 0.717) is 0 Å². The van der Waals surface area contributed by atoms with Gasteiger partial charge in [0.25, 0.3) is 0 Å². The molecule has 1 atom stereocenters. The highest BCUT2D eigenvalue weighted by Crippen LogP contribution is 2.29. The van der Waals surface area contributed by atoms with Gasteiger partial charge in [0.15, 0.2) is 0 Å². The van der Waals surface area contributed by atoms with Gasteiger partial charge in [0.05, 0.1) is 6.10 Å². The molecule has 1 nitrogen and oxygen atoms in total. The van der Waals surface area contributed by atoms with Gasteiger partial charge in [-0.15, -0.1) is 0 Å². The minimum absolute atomic E-state index is 0.160. The Morgan fingerprint density at radius 1 is 1.21 bits per heavy atom. The molecule has 0 aromatic heterocycles.